The third kappa shape index (κ3) is 4.53. The summed E-state index contributed by atoms with van der Waals surface area (Å²) < 4.78 is 5.44. The van der Waals surface area contributed by atoms with Gasteiger partial charge in [0.05, 0.1) is 11.3 Å². The van der Waals surface area contributed by atoms with Gasteiger partial charge in [-0.25, -0.2) is 0 Å². The van der Waals surface area contributed by atoms with Crippen molar-refractivity contribution in [2.24, 2.45) is 5.73 Å². The van der Waals surface area contributed by atoms with Gasteiger partial charge in [0, 0.05) is 10.9 Å². The largest absolute Gasteiger partial charge is 0.492 e. The first-order chi connectivity index (χ1) is 8.79. The molecule has 0 aliphatic heterocycles. The smallest absolute Gasteiger partial charge is 0.321 e. The van der Waals surface area contributed by atoms with Crippen LogP contribution in [0.3, 0.4) is 0 Å². The van der Waals surface area contributed by atoms with Gasteiger partial charge in [-0.05, 0) is 12.2 Å². The van der Waals surface area contributed by atoms with Crippen LogP contribution < -0.4 is 5.73 Å². The monoisotopic (exact) mass is 410 g/mol. The zero-order chi connectivity index (χ0) is 14.6. The van der Waals surface area contributed by atoms with Gasteiger partial charge in [0.15, 0.2) is 0 Å². The Bertz CT molecular complexity index is 475. The number of nitriles is 1. The Morgan fingerprint density at radius 2 is 2.42 bits per heavy atom. The minimum atomic E-state index is -1.13. The third-order valence-corrected chi connectivity index (χ3v) is 4.34. The quantitative estimate of drug-likeness (QED) is 0.474. The van der Waals surface area contributed by atoms with Crippen LogP contribution in [0.25, 0.3) is 0 Å². The van der Waals surface area contributed by atoms with Crippen LogP contribution in [0, 0.1) is 11.3 Å². The van der Waals surface area contributed by atoms with Gasteiger partial charge in [0.25, 0.3) is 0 Å². The van der Waals surface area contributed by atoms with E-state index in [4.69, 9.17) is 20.8 Å². The molecule has 0 saturated heterocycles. The Kier molecular flexibility index (Phi) is 5.92. The van der Waals surface area contributed by atoms with Crippen molar-refractivity contribution in [2.75, 3.05) is 6.61 Å². The molecule has 0 spiro atoms. The number of rotatable bonds is 5. The normalized spacial score (nSPS) is 25.6. The molecule has 0 bridgehead atoms. The number of carboxylic acids is 1. The van der Waals surface area contributed by atoms with Crippen molar-refractivity contribution < 1.29 is 14.6 Å². The molecule has 1 aliphatic rings. The predicted octanol–water partition coefficient (Wildman–Crippen LogP) is 1.94. The molecule has 0 aromatic carbocycles. The molecule has 0 amide bonds. The average molecular weight is 412 g/mol. The van der Waals surface area contributed by atoms with Crippen molar-refractivity contribution in [3.63, 3.8) is 0 Å². The minimum Gasteiger partial charge on any atom is -0.492 e. The fourth-order valence-corrected chi connectivity index (χ4v) is 3.00. The third-order valence-electron chi connectivity index (χ3n) is 2.47. The van der Waals surface area contributed by atoms with E-state index in [9.17, 15) is 4.79 Å². The Hall–Kier alpha value is -0.490. The fraction of sp³-hybridized carbons (Fsp3) is 0.455. The molecule has 1 aliphatic carbocycles. The van der Waals surface area contributed by atoms with Crippen LogP contribution in [0.2, 0.25) is 0 Å². The second-order valence-electron chi connectivity index (χ2n) is 4.00. The maximum atomic E-state index is 10.7. The number of aliphatic carboxylic acids is 1. The van der Waals surface area contributed by atoms with Crippen LogP contribution in [-0.2, 0) is 9.53 Å². The Labute approximate surface area is 133 Å². The summed E-state index contributed by atoms with van der Waals surface area (Å²) in [4.78, 5) is 10.7. The van der Waals surface area contributed by atoms with Gasteiger partial charge in [0.1, 0.15) is 22.7 Å². The van der Waals surface area contributed by atoms with Gasteiger partial charge in [-0.1, -0.05) is 31.9 Å². The second kappa shape index (κ2) is 6.79. The molecular weight excluding hydrogens is 400 g/mol. The highest BCUT2D eigenvalue weighted by Gasteiger charge is 2.29. The van der Waals surface area contributed by atoms with E-state index in [2.05, 4.69) is 50.6 Å². The van der Waals surface area contributed by atoms with Crippen molar-refractivity contribution in [2.45, 2.75) is 22.0 Å². The van der Waals surface area contributed by atoms with Crippen molar-refractivity contribution in [1.29, 1.82) is 5.26 Å². The molecule has 104 valence electrons. The molecule has 1 unspecified atom stereocenters. The Morgan fingerprint density at radius 3 is 2.89 bits per heavy atom. The van der Waals surface area contributed by atoms with E-state index in [-0.39, 0.29) is 6.61 Å². The second-order valence-corrected chi connectivity index (χ2v) is 7.03. The summed E-state index contributed by atoms with van der Waals surface area (Å²) in [5, 5.41) is 17.1. The number of hydrogen-bond acceptors (Lipinski definition) is 5. The zero-order valence-electron chi connectivity index (χ0n) is 9.72. The maximum absolute atomic E-state index is 10.7. The van der Waals surface area contributed by atoms with Crippen LogP contribution >= 0.6 is 44.5 Å². The first kappa shape index (κ1) is 16.6. The molecule has 0 aromatic rings. The van der Waals surface area contributed by atoms with E-state index in [1.807, 2.05) is 0 Å². The number of alkyl halides is 1. The highest BCUT2D eigenvalue weighted by Crippen LogP contribution is 2.36. The highest BCUT2D eigenvalue weighted by atomic mass is 79.9. The average Bonchev–Trinajstić information content (AvgIpc) is 2.36. The minimum absolute atomic E-state index is 0.0627. The molecule has 8 heteroatoms. The summed E-state index contributed by atoms with van der Waals surface area (Å²) in [6, 6.07) is 1.03. The molecule has 1 rings (SSSR count). The van der Waals surface area contributed by atoms with Crippen LogP contribution in [0.15, 0.2) is 22.4 Å². The Morgan fingerprint density at radius 1 is 1.79 bits per heavy atom. The standard InChI is InChI=1S/C11H12Br2N2O3S/c12-6-3-11(13,5-14)2-1-7(6)18-4-8(19)9(15)10(16)17/h1-2,8-9,19H,3-4,15H2,(H,16,17)/t8-,9+,11?/m1/s1. The topological polar surface area (TPSA) is 96.3 Å². The van der Waals surface area contributed by atoms with Crippen molar-refractivity contribution in [1.82, 2.24) is 0 Å². The van der Waals surface area contributed by atoms with E-state index in [1.54, 1.807) is 12.2 Å². The lowest BCUT2D eigenvalue weighted by molar-refractivity contribution is -0.138. The van der Waals surface area contributed by atoms with E-state index < -0.39 is 21.6 Å². The molecule has 0 heterocycles. The number of ether oxygens (including phenoxy) is 1. The maximum Gasteiger partial charge on any atom is 0.321 e. The predicted molar refractivity (Wildman–Crippen MR) is 81.3 cm³/mol. The van der Waals surface area contributed by atoms with E-state index in [0.717, 1.165) is 4.48 Å². The van der Waals surface area contributed by atoms with E-state index >= 15 is 0 Å². The number of allylic oxidation sites excluding steroid dienone is 3. The van der Waals surface area contributed by atoms with Crippen LogP contribution in [0.5, 0.6) is 0 Å². The highest BCUT2D eigenvalue weighted by molar-refractivity contribution is 9.12. The lowest BCUT2D eigenvalue weighted by atomic mass is 10.0. The first-order valence-corrected chi connectivity index (χ1v) is 7.36. The molecule has 5 nitrogen and oxygen atoms in total. The number of carbonyl (C=O) groups is 1. The molecule has 0 aromatic heterocycles. The summed E-state index contributed by atoms with van der Waals surface area (Å²) in [6.45, 7) is 0.0627. The van der Waals surface area contributed by atoms with E-state index in [1.165, 1.54) is 0 Å². The lowest BCUT2D eigenvalue weighted by Crippen LogP contribution is -2.41. The molecule has 19 heavy (non-hydrogen) atoms. The zero-order valence-corrected chi connectivity index (χ0v) is 13.8. The number of carboxylic acid groups (broad SMARTS) is 1. The molecule has 0 saturated carbocycles. The first-order valence-electron chi connectivity index (χ1n) is 5.26. The summed E-state index contributed by atoms with van der Waals surface area (Å²) in [7, 11) is 0. The number of thiol groups is 1. The van der Waals surface area contributed by atoms with Gasteiger partial charge in [-0.15, -0.1) is 0 Å². The van der Waals surface area contributed by atoms with Crippen LogP contribution in [-0.4, -0.2) is 33.3 Å². The van der Waals surface area contributed by atoms with Gasteiger partial charge >= 0.3 is 5.97 Å². The van der Waals surface area contributed by atoms with Crippen LogP contribution in [0.1, 0.15) is 6.42 Å². The van der Waals surface area contributed by atoms with Gasteiger partial charge in [-0.2, -0.15) is 17.9 Å². The summed E-state index contributed by atoms with van der Waals surface area (Å²) in [6.07, 6.45) is 3.76. The summed E-state index contributed by atoms with van der Waals surface area (Å²) in [5.41, 5.74) is 5.42. The summed E-state index contributed by atoms with van der Waals surface area (Å²) in [5.74, 6) is -0.582. The fourth-order valence-electron chi connectivity index (χ4n) is 1.32. The number of nitrogens with two attached hydrogens (primary N) is 1. The molecule has 0 radical (unpaired) electrons. The number of hydrogen-bond donors (Lipinski definition) is 3. The molecule has 3 atom stereocenters. The molecule has 0 fully saturated rings. The van der Waals surface area contributed by atoms with Gasteiger partial charge < -0.3 is 15.6 Å². The van der Waals surface area contributed by atoms with Gasteiger partial charge in [0.2, 0.25) is 0 Å². The Balaban J connectivity index is 2.61. The van der Waals surface area contributed by atoms with Gasteiger partial charge in [-0.3, -0.25) is 4.79 Å². The summed E-state index contributed by atoms with van der Waals surface area (Å²) >= 11 is 10.7. The molecule has 3 N–H and O–H groups in total. The molecular formula is C11H12Br2N2O3S. The van der Waals surface area contributed by atoms with E-state index in [0.29, 0.717) is 12.2 Å². The van der Waals surface area contributed by atoms with Crippen molar-refractivity contribution >= 4 is 50.5 Å². The number of nitrogens with zero attached hydrogens (tertiary/aromatic N) is 1. The van der Waals surface area contributed by atoms with Crippen LogP contribution in [0.4, 0.5) is 0 Å². The number of halogens is 2. The van der Waals surface area contributed by atoms with Crippen molar-refractivity contribution in [3.8, 4) is 6.07 Å². The van der Waals surface area contributed by atoms with Crippen molar-refractivity contribution in [3.05, 3.63) is 22.4 Å². The SMILES string of the molecule is N#CC1(Br)C=CC(OC[C@@H](S)[C@H](N)C(=O)O)=C(Br)C1. The lowest BCUT2D eigenvalue weighted by Gasteiger charge is -2.23.